The number of para-hydroxylation sites is 1. The van der Waals surface area contributed by atoms with E-state index in [0.717, 1.165) is 24.2 Å². The first-order valence-corrected chi connectivity index (χ1v) is 9.25. The molecule has 138 valence electrons. The maximum Gasteiger partial charge on any atom is 0.254 e. The van der Waals surface area contributed by atoms with Gasteiger partial charge in [0.25, 0.3) is 5.91 Å². The van der Waals surface area contributed by atoms with Gasteiger partial charge in [-0.15, -0.1) is 0 Å². The highest BCUT2D eigenvalue weighted by molar-refractivity contribution is 5.93. The van der Waals surface area contributed by atoms with Crippen LogP contribution in [0.25, 0.3) is 0 Å². The van der Waals surface area contributed by atoms with Crippen LogP contribution in [0, 0.1) is 0 Å². The number of methoxy groups -OCH3 is 1. The second kappa shape index (κ2) is 9.17. The van der Waals surface area contributed by atoms with Crippen LogP contribution < -0.4 is 15.4 Å². The van der Waals surface area contributed by atoms with Crippen molar-refractivity contribution in [3.8, 4) is 5.75 Å². The standard InChI is InChI=1S/C20H26N4O2/c1-26-18-11-7-6-8-15(18)12-21-19(25)16-13-22-20(23-14-16)24-17-9-4-2-3-5-10-17/h6-8,11,13-14,17H,2-5,9-10,12H2,1H3,(H,21,25)(H,22,23,24). The molecule has 6 heteroatoms. The van der Waals surface area contributed by atoms with Crippen molar-refractivity contribution in [3.05, 3.63) is 47.8 Å². The molecule has 3 rings (SSSR count). The Morgan fingerprint density at radius 1 is 1.12 bits per heavy atom. The van der Waals surface area contributed by atoms with Crippen molar-refractivity contribution in [2.45, 2.75) is 51.1 Å². The summed E-state index contributed by atoms with van der Waals surface area (Å²) in [6.07, 6.45) is 10.6. The summed E-state index contributed by atoms with van der Waals surface area (Å²) in [5.74, 6) is 1.15. The SMILES string of the molecule is COc1ccccc1CNC(=O)c1cnc(NC2CCCCCC2)nc1. The minimum Gasteiger partial charge on any atom is -0.496 e. The topological polar surface area (TPSA) is 76.1 Å². The van der Waals surface area contributed by atoms with E-state index in [-0.39, 0.29) is 5.91 Å². The third kappa shape index (κ3) is 4.94. The van der Waals surface area contributed by atoms with E-state index in [1.54, 1.807) is 19.5 Å². The van der Waals surface area contributed by atoms with Crippen molar-refractivity contribution in [1.29, 1.82) is 0 Å². The summed E-state index contributed by atoms with van der Waals surface area (Å²) < 4.78 is 5.30. The lowest BCUT2D eigenvalue weighted by Gasteiger charge is -2.16. The summed E-state index contributed by atoms with van der Waals surface area (Å²) in [6, 6.07) is 8.05. The van der Waals surface area contributed by atoms with Crippen LogP contribution in [-0.2, 0) is 6.54 Å². The van der Waals surface area contributed by atoms with Crippen LogP contribution in [0.4, 0.5) is 5.95 Å². The summed E-state index contributed by atoms with van der Waals surface area (Å²) in [5.41, 5.74) is 1.38. The lowest BCUT2D eigenvalue weighted by Crippen LogP contribution is -2.24. The predicted octanol–water partition coefficient (Wildman–Crippen LogP) is 3.55. The van der Waals surface area contributed by atoms with E-state index in [1.807, 2.05) is 24.3 Å². The molecule has 0 saturated heterocycles. The largest absolute Gasteiger partial charge is 0.496 e. The Balaban J connectivity index is 1.54. The van der Waals surface area contributed by atoms with E-state index in [0.29, 0.717) is 24.1 Å². The minimum absolute atomic E-state index is 0.197. The number of nitrogens with zero attached hydrogens (tertiary/aromatic N) is 2. The van der Waals surface area contributed by atoms with Crippen molar-refractivity contribution < 1.29 is 9.53 Å². The third-order valence-electron chi connectivity index (χ3n) is 4.73. The molecule has 0 bridgehead atoms. The van der Waals surface area contributed by atoms with Gasteiger partial charge in [0.1, 0.15) is 5.75 Å². The molecule has 1 aromatic carbocycles. The number of hydrogen-bond acceptors (Lipinski definition) is 5. The molecule has 1 heterocycles. The highest BCUT2D eigenvalue weighted by Gasteiger charge is 2.14. The van der Waals surface area contributed by atoms with Gasteiger partial charge in [-0.25, -0.2) is 9.97 Å². The third-order valence-corrected chi connectivity index (χ3v) is 4.73. The van der Waals surface area contributed by atoms with Gasteiger partial charge < -0.3 is 15.4 Å². The second-order valence-corrected chi connectivity index (χ2v) is 6.62. The lowest BCUT2D eigenvalue weighted by atomic mass is 10.1. The highest BCUT2D eigenvalue weighted by atomic mass is 16.5. The Morgan fingerprint density at radius 2 is 1.81 bits per heavy atom. The van der Waals surface area contributed by atoms with E-state index in [1.165, 1.54) is 25.7 Å². The Hall–Kier alpha value is -2.63. The zero-order valence-electron chi connectivity index (χ0n) is 15.2. The molecule has 1 saturated carbocycles. The Kier molecular flexibility index (Phi) is 6.41. The summed E-state index contributed by atoms with van der Waals surface area (Å²) in [5, 5.41) is 6.27. The van der Waals surface area contributed by atoms with E-state index < -0.39 is 0 Å². The molecule has 0 unspecified atom stereocenters. The quantitative estimate of drug-likeness (QED) is 0.776. The van der Waals surface area contributed by atoms with Crippen molar-refractivity contribution in [2.75, 3.05) is 12.4 Å². The zero-order valence-corrected chi connectivity index (χ0v) is 15.2. The minimum atomic E-state index is -0.197. The average Bonchev–Trinajstić information content (AvgIpc) is 2.95. The lowest BCUT2D eigenvalue weighted by molar-refractivity contribution is 0.0950. The van der Waals surface area contributed by atoms with Gasteiger partial charge in [0.05, 0.1) is 12.7 Å². The van der Waals surface area contributed by atoms with Gasteiger partial charge in [-0.3, -0.25) is 4.79 Å². The van der Waals surface area contributed by atoms with Gasteiger partial charge in [-0.2, -0.15) is 0 Å². The Labute approximate surface area is 154 Å². The van der Waals surface area contributed by atoms with Crippen LogP contribution >= 0.6 is 0 Å². The summed E-state index contributed by atoms with van der Waals surface area (Å²) in [7, 11) is 1.62. The van der Waals surface area contributed by atoms with Gasteiger partial charge >= 0.3 is 0 Å². The molecule has 1 aliphatic carbocycles. The summed E-state index contributed by atoms with van der Waals surface area (Å²) in [4.78, 5) is 20.9. The zero-order chi connectivity index (χ0) is 18.2. The molecule has 26 heavy (non-hydrogen) atoms. The number of rotatable bonds is 6. The van der Waals surface area contributed by atoms with Crippen LogP contribution in [-0.4, -0.2) is 29.0 Å². The van der Waals surface area contributed by atoms with E-state index >= 15 is 0 Å². The number of benzene rings is 1. The molecule has 1 aliphatic rings. The number of hydrogen-bond donors (Lipinski definition) is 2. The molecule has 2 aromatic rings. The number of amides is 1. The number of nitrogens with one attached hydrogen (secondary N) is 2. The molecule has 0 aliphatic heterocycles. The molecule has 1 aromatic heterocycles. The van der Waals surface area contributed by atoms with Gasteiger partial charge in [-0.05, 0) is 18.9 Å². The molecular weight excluding hydrogens is 328 g/mol. The van der Waals surface area contributed by atoms with Crippen LogP contribution in [0.5, 0.6) is 5.75 Å². The summed E-state index contributed by atoms with van der Waals surface area (Å²) >= 11 is 0. The van der Waals surface area contributed by atoms with Gasteiger partial charge in [0, 0.05) is 30.5 Å². The monoisotopic (exact) mass is 354 g/mol. The average molecular weight is 354 g/mol. The molecule has 0 atom stereocenters. The van der Waals surface area contributed by atoms with E-state index in [4.69, 9.17) is 4.74 Å². The predicted molar refractivity (Wildman–Crippen MR) is 101 cm³/mol. The molecule has 0 radical (unpaired) electrons. The smallest absolute Gasteiger partial charge is 0.254 e. The molecule has 1 fully saturated rings. The fraction of sp³-hybridized carbons (Fsp3) is 0.450. The van der Waals surface area contributed by atoms with Crippen LogP contribution in [0.1, 0.15) is 54.4 Å². The fourth-order valence-corrected chi connectivity index (χ4v) is 3.25. The van der Waals surface area contributed by atoms with Gasteiger partial charge in [-0.1, -0.05) is 43.9 Å². The van der Waals surface area contributed by atoms with E-state index in [9.17, 15) is 4.79 Å². The normalized spacial score (nSPS) is 15.1. The van der Waals surface area contributed by atoms with Gasteiger partial charge in [0.15, 0.2) is 0 Å². The number of carbonyl (C=O) groups is 1. The second-order valence-electron chi connectivity index (χ2n) is 6.62. The van der Waals surface area contributed by atoms with Crippen LogP contribution in [0.2, 0.25) is 0 Å². The number of carbonyl (C=O) groups excluding carboxylic acids is 1. The maximum absolute atomic E-state index is 12.3. The first-order valence-electron chi connectivity index (χ1n) is 9.25. The van der Waals surface area contributed by atoms with Crippen LogP contribution in [0.3, 0.4) is 0 Å². The fourth-order valence-electron chi connectivity index (χ4n) is 3.25. The van der Waals surface area contributed by atoms with Crippen molar-refractivity contribution >= 4 is 11.9 Å². The highest BCUT2D eigenvalue weighted by Crippen LogP contribution is 2.20. The van der Waals surface area contributed by atoms with Crippen molar-refractivity contribution in [1.82, 2.24) is 15.3 Å². The van der Waals surface area contributed by atoms with Crippen LogP contribution in [0.15, 0.2) is 36.7 Å². The molecular formula is C20H26N4O2. The van der Waals surface area contributed by atoms with Gasteiger partial charge in [0.2, 0.25) is 5.95 Å². The molecule has 0 spiro atoms. The number of ether oxygens (including phenoxy) is 1. The molecule has 2 N–H and O–H groups in total. The maximum atomic E-state index is 12.3. The number of anilines is 1. The molecule has 1 amide bonds. The van der Waals surface area contributed by atoms with Crippen molar-refractivity contribution in [3.63, 3.8) is 0 Å². The Morgan fingerprint density at radius 3 is 2.50 bits per heavy atom. The summed E-state index contributed by atoms with van der Waals surface area (Å²) in [6.45, 7) is 0.394. The first kappa shape index (κ1) is 18.2. The Bertz CT molecular complexity index is 710. The van der Waals surface area contributed by atoms with Crippen molar-refractivity contribution in [2.24, 2.45) is 0 Å². The van der Waals surface area contributed by atoms with E-state index in [2.05, 4.69) is 20.6 Å². The molecule has 6 nitrogen and oxygen atoms in total. The first-order chi connectivity index (χ1) is 12.8. The number of aromatic nitrogens is 2.